The number of ether oxygens (including phenoxy) is 3. The van der Waals surface area contributed by atoms with Crippen molar-refractivity contribution in [2.24, 2.45) is 0 Å². The molecule has 0 fully saturated rings. The van der Waals surface area contributed by atoms with Crippen LogP contribution in [0.15, 0.2) is 59.6 Å². The van der Waals surface area contributed by atoms with E-state index in [2.05, 4.69) is 11.4 Å². The van der Waals surface area contributed by atoms with Crippen LogP contribution in [0, 0.1) is 0 Å². The fourth-order valence-electron chi connectivity index (χ4n) is 2.94. The van der Waals surface area contributed by atoms with Gasteiger partial charge in [-0.1, -0.05) is 0 Å². The second kappa shape index (κ2) is 10.5. The van der Waals surface area contributed by atoms with Gasteiger partial charge in [-0.2, -0.15) is 5.10 Å². The normalized spacial score (nSPS) is 11.2. The van der Waals surface area contributed by atoms with Gasteiger partial charge in [0.15, 0.2) is 0 Å². The highest BCUT2D eigenvalue weighted by Gasteiger charge is 2.15. The fourth-order valence-corrected chi connectivity index (χ4v) is 3.34. The number of amides is 1. The zero-order valence-electron chi connectivity index (χ0n) is 19.0. The number of benzene rings is 2. The molecule has 0 aliphatic carbocycles. The van der Waals surface area contributed by atoms with Crippen LogP contribution in [0.4, 0.5) is 4.79 Å². The van der Waals surface area contributed by atoms with Crippen molar-refractivity contribution in [1.29, 1.82) is 0 Å². The van der Waals surface area contributed by atoms with Crippen molar-refractivity contribution in [3.8, 4) is 28.4 Å². The molecule has 32 heavy (non-hydrogen) atoms. The van der Waals surface area contributed by atoms with E-state index in [4.69, 9.17) is 19.3 Å². The largest absolute Gasteiger partial charge is 0.497 e. The van der Waals surface area contributed by atoms with Crippen LogP contribution in [-0.4, -0.2) is 48.0 Å². The topological polar surface area (TPSA) is 74.6 Å². The number of rotatable bonds is 8. The smallest absolute Gasteiger partial charge is 0.407 e. The third-order valence-corrected chi connectivity index (χ3v) is 5.02. The molecule has 8 heteroatoms. The van der Waals surface area contributed by atoms with Gasteiger partial charge < -0.3 is 19.5 Å². The Hall–Kier alpha value is -3.13. The Balaban J connectivity index is 1.65. The second-order valence-electron chi connectivity index (χ2n) is 7.98. The first-order valence-corrected chi connectivity index (χ1v) is 11.5. The molecule has 1 amide bonds. The minimum Gasteiger partial charge on any atom is -0.497 e. The summed E-state index contributed by atoms with van der Waals surface area (Å²) in [4.78, 5) is 11.7. The molecular formula is C24H29N3O4S. The van der Waals surface area contributed by atoms with E-state index in [0.29, 0.717) is 13.2 Å². The molecule has 3 aromatic rings. The molecule has 1 aromatic heterocycles. The van der Waals surface area contributed by atoms with Crippen LogP contribution in [-0.2, 0) is 4.74 Å². The molecule has 0 saturated carbocycles. The van der Waals surface area contributed by atoms with Gasteiger partial charge in [0.25, 0.3) is 0 Å². The number of aromatic nitrogens is 2. The minimum absolute atomic E-state index is 0.346. The molecule has 0 bridgehead atoms. The van der Waals surface area contributed by atoms with E-state index in [0.717, 1.165) is 33.5 Å². The lowest BCUT2D eigenvalue weighted by molar-refractivity contribution is 0.0520. The summed E-state index contributed by atoms with van der Waals surface area (Å²) in [5.41, 5.74) is 2.44. The Morgan fingerprint density at radius 2 is 1.72 bits per heavy atom. The monoisotopic (exact) mass is 455 g/mol. The lowest BCUT2D eigenvalue weighted by Gasteiger charge is -2.19. The van der Waals surface area contributed by atoms with E-state index in [1.165, 1.54) is 0 Å². The van der Waals surface area contributed by atoms with E-state index >= 15 is 0 Å². The zero-order valence-corrected chi connectivity index (χ0v) is 19.9. The van der Waals surface area contributed by atoms with Gasteiger partial charge in [-0.05, 0) is 81.6 Å². The van der Waals surface area contributed by atoms with Crippen LogP contribution in [0.1, 0.15) is 20.8 Å². The molecule has 0 unspecified atom stereocenters. The summed E-state index contributed by atoms with van der Waals surface area (Å²) in [6, 6.07) is 17.7. The summed E-state index contributed by atoms with van der Waals surface area (Å²) in [6.45, 7) is 6.19. The number of methoxy groups -OCH3 is 1. The summed E-state index contributed by atoms with van der Waals surface area (Å²) in [7, 11) is 1.65. The molecule has 2 aromatic carbocycles. The number of carbonyl (C=O) groups is 1. The van der Waals surface area contributed by atoms with Crippen molar-refractivity contribution in [3.63, 3.8) is 0 Å². The first-order valence-electron chi connectivity index (χ1n) is 10.3. The maximum absolute atomic E-state index is 11.7. The van der Waals surface area contributed by atoms with E-state index in [1.54, 1.807) is 18.9 Å². The lowest BCUT2D eigenvalue weighted by atomic mass is 10.1. The lowest BCUT2D eigenvalue weighted by Crippen LogP contribution is -2.34. The number of nitrogens with one attached hydrogen (secondary N) is 1. The molecule has 0 radical (unpaired) electrons. The Kier molecular flexibility index (Phi) is 7.69. The molecule has 0 atom stereocenters. The van der Waals surface area contributed by atoms with Gasteiger partial charge in [0.1, 0.15) is 28.7 Å². The fraction of sp³-hybridized carbons (Fsp3) is 0.333. The van der Waals surface area contributed by atoms with Gasteiger partial charge in [-0.25, -0.2) is 9.48 Å². The van der Waals surface area contributed by atoms with Crippen LogP contribution >= 0.6 is 11.8 Å². The van der Waals surface area contributed by atoms with Crippen molar-refractivity contribution in [2.75, 3.05) is 26.5 Å². The number of hydrogen-bond donors (Lipinski definition) is 1. The number of thioether (sulfide) groups is 1. The van der Waals surface area contributed by atoms with Crippen LogP contribution in [0.5, 0.6) is 11.5 Å². The minimum atomic E-state index is -0.519. The van der Waals surface area contributed by atoms with Gasteiger partial charge in [0.2, 0.25) is 0 Å². The predicted molar refractivity (Wildman–Crippen MR) is 127 cm³/mol. The van der Waals surface area contributed by atoms with Crippen LogP contribution in [0.3, 0.4) is 0 Å². The Morgan fingerprint density at radius 1 is 1.06 bits per heavy atom. The van der Waals surface area contributed by atoms with Gasteiger partial charge in [-0.3, -0.25) is 0 Å². The van der Waals surface area contributed by atoms with Gasteiger partial charge >= 0.3 is 6.09 Å². The highest BCUT2D eigenvalue weighted by Crippen LogP contribution is 2.29. The van der Waals surface area contributed by atoms with E-state index in [-0.39, 0.29) is 0 Å². The van der Waals surface area contributed by atoms with Crippen molar-refractivity contribution in [3.05, 3.63) is 54.6 Å². The van der Waals surface area contributed by atoms with Crippen molar-refractivity contribution in [1.82, 2.24) is 15.1 Å². The number of nitrogens with zero attached hydrogens (tertiary/aromatic N) is 2. The molecular weight excluding hydrogens is 426 g/mol. The standard InChI is InChI=1S/C24H29N3O4S/c1-24(2,3)31-23(28)25-14-15-30-20-10-6-17(7-11-20)21-16-22(32-5)26-27(21)18-8-12-19(29-4)13-9-18/h6-13,16H,14-15H2,1-5H3,(H,25,28). The van der Waals surface area contributed by atoms with Crippen LogP contribution < -0.4 is 14.8 Å². The Morgan fingerprint density at radius 3 is 2.31 bits per heavy atom. The maximum atomic E-state index is 11.7. The third-order valence-electron chi connectivity index (χ3n) is 4.40. The summed E-state index contributed by atoms with van der Waals surface area (Å²) in [6.07, 6.45) is 1.56. The quantitative estimate of drug-likeness (QED) is 0.373. The van der Waals surface area contributed by atoms with Crippen molar-refractivity contribution >= 4 is 17.9 Å². The molecule has 7 nitrogen and oxygen atoms in total. The van der Waals surface area contributed by atoms with Crippen molar-refractivity contribution in [2.45, 2.75) is 31.4 Å². The van der Waals surface area contributed by atoms with Crippen molar-refractivity contribution < 1.29 is 19.0 Å². The Labute approximate surface area is 193 Å². The average Bonchev–Trinajstić information content (AvgIpc) is 3.20. The molecule has 0 aliphatic rings. The molecule has 170 valence electrons. The van der Waals surface area contributed by atoms with E-state index in [9.17, 15) is 4.79 Å². The molecule has 0 aliphatic heterocycles. The summed E-state index contributed by atoms with van der Waals surface area (Å²) in [5, 5.41) is 8.33. The van der Waals surface area contributed by atoms with Gasteiger partial charge in [0.05, 0.1) is 25.0 Å². The zero-order chi connectivity index (χ0) is 23.1. The van der Waals surface area contributed by atoms with Crippen LogP contribution in [0.2, 0.25) is 0 Å². The highest BCUT2D eigenvalue weighted by atomic mass is 32.2. The molecule has 0 spiro atoms. The SMILES string of the molecule is COc1ccc(-n2nc(SC)cc2-c2ccc(OCCNC(=O)OC(C)(C)C)cc2)cc1. The van der Waals surface area contributed by atoms with Crippen LogP contribution in [0.25, 0.3) is 16.9 Å². The number of carbonyl (C=O) groups excluding carboxylic acids is 1. The van der Waals surface area contributed by atoms with Gasteiger partial charge in [0, 0.05) is 5.56 Å². The maximum Gasteiger partial charge on any atom is 0.407 e. The molecule has 3 rings (SSSR count). The summed E-state index contributed by atoms with van der Waals surface area (Å²) in [5.74, 6) is 1.52. The first kappa shape index (κ1) is 23.5. The Bertz CT molecular complexity index is 1020. The number of alkyl carbamates (subject to hydrolysis) is 1. The molecule has 1 heterocycles. The van der Waals surface area contributed by atoms with E-state index < -0.39 is 11.7 Å². The average molecular weight is 456 g/mol. The molecule has 0 saturated heterocycles. The van der Waals surface area contributed by atoms with Gasteiger partial charge in [-0.15, -0.1) is 11.8 Å². The summed E-state index contributed by atoms with van der Waals surface area (Å²) < 4.78 is 18.1. The molecule has 1 N–H and O–H groups in total. The first-order chi connectivity index (χ1) is 15.3. The predicted octanol–water partition coefficient (Wildman–Crippen LogP) is 5.17. The second-order valence-corrected chi connectivity index (χ2v) is 8.81. The van der Waals surface area contributed by atoms with E-state index in [1.807, 2.05) is 80.2 Å². The number of hydrogen-bond acceptors (Lipinski definition) is 6. The third kappa shape index (κ3) is 6.43. The highest BCUT2D eigenvalue weighted by molar-refractivity contribution is 7.98. The summed E-state index contributed by atoms with van der Waals surface area (Å²) >= 11 is 1.60.